The van der Waals surface area contributed by atoms with Crippen LogP contribution in [0.3, 0.4) is 0 Å². The van der Waals surface area contributed by atoms with Crippen LogP contribution < -0.4 is 20.1 Å². The van der Waals surface area contributed by atoms with Crippen LogP contribution in [0.1, 0.15) is 19.3 Å². The summed E-state index contributed by atoms with van der Waals surface area (Å²) in [6, 6.07) is 3.40. The van der Waals surface area contributed by atoms with Crippen molar-refractivity contribution in [1.82, 2.24) is 10.0 Å². The Morgan fingerprint density at radius 2 is 2.04 bits per heavy atom. The molecule has 0 aliphatic carbocycles. The van der Waals surface area contributed by atoms with Gasteiger partial charge in [-0.1, -0.05) is 0 Å². The number of nitrogens with one attached hydrogen (secondary N) is 3. The Morgan fingerprint density at radius 3 is 2.87 bits per heavy atom. The second-order valence-corrected chi connectivity index (χ2v) is 7.17. The first-order valence-electron chi connectivity index (χ1n) is 7.32. The maximum atomic E-state index is 12.5. The minimum Gasteiger partial charge on any atom is -0.482 e. The molecule has 9 heteroatoms. The number of hydrogen-bond acceptors (Lipinski definition) is 5. The Hall–Kier alpha value is -2.13. The van der Waals surface area contributed by atoms with Crippen LogP contribution in [-0.2, 0) is 19.6 Å². The molecule has 2 amide bonds. The summed E-state index contributed by atoms with van der Waals surface area (Å²) in [5, 5.41) is 5.24. The highest BCUT2D eigenvalue weighted by Crippen LogP contribution is 2.30. The van der Waals surface area contributed by atoms with Gasteiger partial charge in [0.05, 0.1) is 10.6 Å². The molecule has 2 heterocycles. The van der Waals surface area contributed by atoms with E-state index >= 15 is 0 Å². The molecule has 3 N–H and O–H groups in total. The number of fused-ring (bicyclic) bond motifs is 1. The Labute approximate surface area is 133 Å². The van der Waals surface area contributed by atoms with Gasteiger partial charge in [0.15, 0.2) is 6.61 Å². The summed E-state index contributed by atoms with van der Waals surface area (Å²) in [5.74, 6) is -0.250. The lowest BCUT2D eigenvalue weighted by Crippen LogP contribution is -2.45. The fraction of sp³-hybridized carbons (Fsp3) is 0.429. The van der Waals surface area contributed by atoms with E-state index in [1.165, 1.54) is 18.2 Å². The first kappa shape index (κ1) is 15.8. The molecular weight excluding hydrogens is 322 g/mol. The van der Waals surface area contributed by atoms with Crippen molar-refractivity contribution in [3.63, 3.8) is 0 Å². The maximum absolute atomic E-state index is 12.5. The van der Waals surface area contributed by atoms with E-state index in [1.54, 1.807) is 0 Å². The lowest BCUT2D eigenvalue weighted by atomic mass is 10.1. The SMILES string of the molecule is O=C1COc2ccc(S(=O)(=O)N[C@@H]3CCCCNC3=O)cc2N1. The van der Waals surface area contributed by atoms with Gasteiger partial charge in [0, 0.05) is 6.54 Å². The molecule has 0 unspecified atom stereocenters. The molecule has 1 aromatic rings. The smallest absolute Gasteiger partial charge is 0.262 e. The van der Waals surface area contributed by atoms with Gasteiger partial charge in [-0.25, -0.2) is 8.42 Å². The van der Waals surface area contributed by atoms with Crippen LogP contribution in [0.5, 0.6) is 5.75 Å². The summed E-state index contributed by atoms with van der Waals surface area (Å²) in [5.41, 5.74) is 0.300. The standard InChI is InChI=1S/C14H17N3O5S/c18-13-8-22-12-5-4-9(7-11(12)16-13)23(20,21)17-10-3-1-2-6-15-14(10)19/h4-5,7,10,17H,1-3,6,8H2,(H,15,19)(H,16,18)/t10-/m1/s1. The molecule has 0 aromatic heterocycles. The number of rotatable bonds is 3. The third kappa shape index (κ3) is 3.45. The molecule has 1 saturated heterocycles. The molecule has 0 saturated carbocycles. The van der Waals surface area contributed by atoms with Crippen molar-refractivity contribution in [3.8, 4) is 5.75 Å². The second-order valence-electron chi connectivity index (χ2n) is 5.46. The zero-order chi connectivity index (χ0) is 16.4. The summed E-state index contributed by atoms with van der Waals surface area (Å²) < 4.78 is 32.6. The van der Waals surface area contributed by atoms with E-state index in [4.69, 9.17) is 4.74 Å². The van der Waals surface area contributed by atoms with Crippen LogP contribution in [0.4, 0.5) is 5.69 Å². The number of hydrogen-bond donors (Lipinski definition) is 3. The average Bonchev–Trinajstić information content (AvgIpc) is 2.71. The van der Waals surface area contributed by atoms with Gasteiger partial charge in [-0.05, 0) is 37.5 Å². The van der Waals surface area contributed by atoms with Crippen molar-refractivity contribution in [2.24, 2.45) is 0 Å². The van der Waals surface area contributed by atoms with Crippen LogP contribution in [0.25, 0.3) is 0 Å². The van der Waals surface area contributed by atoms with Gasteiger partial charge in [0.2, 0.25) is 15.9 Å². The van der Waals surface area contributed by atoms with Crippen molar-refractivity contribution in [1.29, 1.82) is 0 Å². The van der Waals surface area contributed by atoms with E-state index in [0.717, 1.165) is 12.8 Å². The number of carbonyl (C=O) groups is 2. The van der Waals surface area contributed by atoms with Crippen LogP contribution in [-0.4, -0.2) is 39.4 Å². The zero-order valence-corrected chi connectivity index (χ0v) is 13.1. The number of carbonyl (C=O) groups excluding carboxylic acids is 2. The van der Waals surface area contributed by atoms with Gasteiger partial charge in [-0.3, -0.25) is 9.59 Å². The minimum absolute atomic E-state index is 0.0286. The Kier molecular flexibility index (Phi) is 4.22. The highest BCUT2D eigenvalue weighted by molar-refractivity contribution is 7.89. The van der Waals surface area contributed by atoms with Gasteiger partial charge in [0.25, 0.3) is 5.91 Å². The molecule has 1 fully saturated rings. The molecule has 3 rings (SSSR count). The summed E-state index contributed by atoms with van der Waals surface area (Å²) in [4.78, 5) is 23.2. The van der Waals surface area contributed by atoms with Gasteiger partial charge >= 0.3 is 0 Å². The van der Waals surface area contributed by atoms with Crippen LogP contribution in [0, 0.1) is 0 Å². The fourth-order valence-corrected chi connectivity index (χ4v) is 3.79. The lowest BCUT2D eigenvalue weighted by Gasteiger charge is -2.19. The second kappa shape index (κ2) is 6.17. The third-order valence-corrected chi connectivity index (χ3v) is 5.20. The molecular formula is C14H17N3O5S. The third-order valence-electron chi connectivity index (χ3n) is 3.73. The largest absolute Gasteiger partial charge is 0.482 e. The van der Waals surface area contributed by atoms with E-state index in [-0.39, 0.29) is 23.3 Å². The Morgan fingerprint density at radius 1 is 1.22 bits per heavy atom. The van der Waals surface area contributed by atoms with Crippen LogP contribution >= 0.6 is 0 Å². The van der Waals surface area contributed by atoms with Crippen molar-refractivity contribution in [3.05, 3.63) is 18.2 Å². The fourth-order valence-electron chi connectivity index (χ4n) is 2.54. The van der Waals surface area contributed by atoms with E-state index in [0.29, 0.717) is 24.4 Å². The molecule has 23 heavy (non-hydrogen) atoms. The number of ether oxygens (including phenoxy) is 1. The normalized spacial score (nSPS) is 21.5. The highest BCUT2D eigenvalue weighted by atomic mass is 32.2. The molecule has 2 aliphatic heterocycles. The number of amides is 2. The van der Waals surface area contributed by atoms with Gasteiger partial charge in [0.1, 0.15) is 11.8 Å². The molecule has 0 spiro atoms. The van der Waals surface area contributed by atoms with Crippen molar-refractivity contribution in [2.75, 3.05) is 18.5 Å². The van der Waals surface area contributed by atoms with E-state index in [1.807, 2.05) is 0 Å². The van der Waals surface area contributed by atoms with Crippen molar-refractivity contribution in [2.45, 2.75) is 30.2 Å². The monoisotopic (exact) mass is 339 g/mol. The average molecular weight is 339 g/mol. The van der Waals surface area contributed by atoms with Gasteiger partial charge in [-0.15, -0.1) is 0 Å². The molecule has 124 valence electrons. The molecule has 8 nitrogen and oxygen atoms in total. The predicted octanol–water partition coefficient (Wildman–Crippen LogP) is -0.0355. The maximum Gasteiger partial charge on any atom is 0.262 e. The predicted molar refractivity (Wildman–Crippen MR) is 81.5 cm³/mol. The highest BCUT2D eigenvalue weighted by Gasteiger charge is 2.28. The van der Waals surface area contributed by atoms with Gasteiger partial charge in [-0.2, -0.15) is 4.72 Å². The number of benzene rings is 1. The quantitative estimate of drug-likeness (QED) is 0.715. The van der Waals surface area contributed by atoms with Gasteiger partial charge < -0.3 is 15.4 Å². The summed E-state index contributed by atoms with van der Waals surface area (Å²) >= 11 is 0. The topological polar surface area (TPSA) is 114 Å². The molecule has 0 radical (unpaired) electrons. The van der Waals surface area contributed by atoms with E-state index in [2.05, 4.69) is 15.4 Å². The zero-order valence-electron chi connectivity index (χ0n) is 12.3. The summed E-state index contributed by atoms with van der Waals surface area (Å²) in [7, 11) is -3.88. The summed E-state index contributed by atoms with van der Waals surface area (Å²) in [6.07, 6.45) is 2.04. The Balaban J connectivity index is 1.83. The lowest BCUT2D eigenvalue weighted by molar-refractivity contribution is -0.122. The molecule has 1 atom stereocenters. The number of anilines is 1. The van der Waals surface area contributed by atoms with Crippen molar-refractivity contribution < 1.29 is 22.7 Å². The van der Waals surface area contributed by atoms with E-state index in [9.17, 15) is 18.0 Å². The minimum atomic E-state index is -3.88. The number of sulfonamides is 1. The molecule has 2 aliphatic rings. The first-order valence-corrected chi connectivity index (χ1v) is 8.81. The van der Waals surface area contributed by atoms with Crippen LogP contribution in [0.15, 0.2) is 23.1 Å². The van der Waals surface area contributed by atoms with E-state index < -0.39 is 16.1 Å². The summed E-state index contributed by atoms with van der Waals surface area (Å²) in [6.45, 7) is 0.457. The van der Waals surface area contributed by atoms with Crippen LogP contribution in [0.2, 0.25) is 0 Å². The first-order chi connectivity index (χ1) is 11.0. The molecule has 0 bridgehead atoms. The Bertz CT molecular complexity index is 747. The molecule has 1 aromatic carbocycles. The van der Waals surface area contributed by atoms with Crippen molar-refractivity contribution >= 4 is 27.5 Å².